The number of allylic oxidation sites excluding steroid dienone is 2. The van der Waals surface area contributed by atoms with E-state index < -0.39 is 26.8 Å². The van der Waals surface area contributed by atoms with E-state index in [2.05, 4.69) is 27.0 Å². The van der Waals surface area contributed by atoms with Gasteiger partial charge in [-0.1, -0.05) is 54.6 Å². The van der Waals surface area contributed by atoms with E-state index in [4.69, 9.17) is 10.9 Å². The highest BCUT2D eigenvalue weighted by Crippen LogP contribution is 2.45. The molecule has 41 heavy (non-hydrogen) atoms. The minimum Gasteiger partial charge on any atom is -0.383 e. The zero-order chi connectivity index (χ0) is 28.8. The van der Waals surface area contributed by atoms with E-state index in [1.165, 1.54) is 36.2 Å². The monoisotopic (exact) mass is 576 g/mol. The van der Waals surface area contributed by atoms with Crippen LogP contribution in [0.15, 0.2) is 85.3 Å². The summed E-state index contributed by atoms with van der Waals surface area (Å²) in [5.74, 6) is -0.581. The summed E-state index contributed by atoms with van der Waals surface area (Å²) >= 11 is 0. The van der Waals surface area contributed by atoms with E-state index in [-0.39, 0.29) is 28.6 Å². The molecule has 6 rings (SSSR count). The molecule has 4 aromatic rings. The smallest absolute Gasteiger partial charge is 0.219 e. The number of nitrogens with two attached hydrogens (primary N) is 2. The molecule has 2 atom stereocenters. The van der Waals surface area contributed by atoms with Crippen molar-refractivity contribution in [2.24, 2.45) is 5.14 Å². The number of anilines is 1. The minimum absolute atomic E-state index is 0.0379. The molecule has 1 aliphatic carbocycles. The summed E-state index contributed by atoms with van der Waals surface area (Å²) in [4.78, 5) is 11.0. The van der Waals surface area contributed by atoms with Crippen LogP contribution in [0.5, 0.6) is 0 Å². The molecule has 0 amide bonds. The number of halogens is 2. The third-order valence-electron chi connectivity index (χ3n) is 7.98. The van der Waals surface area contributed by atoms with Crippen LogP contribution in [0.3, 0.4) is 0 Å². The number of piperidine rings is 1. The van der Waals surface area contributed by atoms with E-state index in [1.54, 1.807) is 12.3 Å². The summed E-state index contributed by atoms with van der Waals surface area (Å²) in [5.41, 5.74) is 5.73. The molecule has 0 radical (unpaired) electrons. The van der Waals surface area contributed by atoms with Crippen LogP contribution in [0.25, 0.3) is 16.6 Å². The molecule has 1 fully saturated rings. The van der Waals surface area contributed by atoms with Crippen molar-refractivity contribution in [1.82, 2.24) is 19.4 Å². The van der Waals surface area contributed by atoms with E-state index in [0.29, 0.717) is 11.0 Å². The fourth-order valence-corrected chi connectivity index (χ4v) is 6.79. The van der Waals surface area contributed by atoms with Crippen molar-refractivity contribution >= 4 is 32.4 Å². The summed E-state index contributed by atoms with van der Waals surface area (Å²) in [7, 11) is -4.21. The largest absolute Gasteiger partial charge is 0.383 e. The van der Waals surface area contributed by atoms with Crippen LogP contribution in [-0.4, -0.2) is 46.2 Å². The third kappa shape index (κ3) is 5.16. The molecule has 3 heterocycles. The van der Waals surface area contributed by atoms with E-state index >= 15 is 4.39 Å². The molecule has 2 aromatic carbocycles. The summed E-state index contributed by atoms with van der Waals surface area (Å²) < 4.78 is 58.8. The third-order valence-corrected chi connectivity index (χ3v) is 9.09. The fraction of sp³-hybridized carbons (Fsp3) is 0.267. The highest BCUT2D eigenvalue weighted by molar-refractivity contribution is 7.90. The Kier molecular flexibility index (Phi) is 6.96. The van der Waals surface area contributed by atoms with E-state index in [1.807, 2.05) is 22.8 Å². The van der Waals surface area contributed by atoms with Crippen molar-refractivity contribution in [1.29, 1.82) is 0 Å². The number of fused-ring (bicyclic) bond motifs is 1. The normalized spacial score (nSPS) is 22.2. The molecular weight excluding hydrogens is 546 g/mol. The van der Waals surface area contributed by atoms with Crippen LogP contribution >= 0.6 is 0 Å². The topological polar surface area (TPSA) is 120 Å². The Morgan fingerprint density at radius 2 is 1.73 bits per heavy atom. The predicted octanol–water partition coefficient (Wildman–Crippen LogP) is 4.47. The molecule has 0 bridgehead atoms. The number of alkyl halides is 1. The number of sulfonamides is 1. The molecule has 11 heteroatoms. The number of benzene rings is 2. The van der Waals surface area contributed by atoms with Crippen LogP contribution < -0.4 is 10.9 Å². The summed E-state index contributed by atoms with van der Waals surface area (Å²) in [5, 5.41) is 4.40. The number of hydrogen-bond acceptors (Lipinski definition) is 6. The Balaban J connectivity index is 1.39. The first kappa shape index (κ1) is 27.3. The van der Waals surface area contributed by atoms with Crippen molar-refractivity contribution in [3.05, 3.63) is 108 Å². The lowest BCUT2D eigenvalue weighted by Gasteiger charge is -2.33. The number of rotatable bonds is 6. The second-order valence-electron chi connectivity index (χ2n) is 10.6. The Bertz CT molecular complexity index is 1760. The molecule has 1 aliphatic heterocycles. The van der Waals surface area contributed by atoms with Gasteiger partial charge in [-0.25, -0.2) is 32.3 Å². The Morgan fingerprint density at radius 3 is 2.44 bits per heavy atom. The van der Waals surface area contributed by atoms with E-state index in [9.17, 15) is 12.8 Å². The first-order valence-electron chi connectivity index (χ1n) is 13.4. The first-order valence-corrected chi connectivity index (χ1v) is 15.0. The summed E-state index contributed by atoms with van der Waals surface area (Å²) in [6.45, 7) is 2.56. The van der Waals surface area contributed by atoms with Crippen LogP contribution in [0.2, 0.25) is 0 Å². The molecule has 0 saturated carbocycles. The number of nitrogens with zero attached hydrogens (tertiary/aromatic N) is 4. The van der Waals surface area contributed by atoms with Gasteiger partial charge in [-0.3, -0.25) is 4.90 Å². The Morgan fingerprint density at radius 1 is 1.02 bits per heavy atom. The average molecular weight is 577 g/mol. The maximum absolute atomic E-state index is 17.1. The SMILES string of the molecule is Nc1ncnc2c1c(C1(F)C=CC(S(N)(=O)=O)C(c3ccccc3F)=C1)cn2C1CCN(Cc2ccccc2)CC1. The number of nitrogen functional groups attached to an aromatic ring is 1. The van der Waals surface area contributed by atoms with Crippen molar-refractivity contribution < 1.29 is 17.2 Å². The van der Waals surface area contributed by atoms with Gasteiger partial charge in [0.05, 0.1) is 5.39 Å². The van der Waals surface area contributed by atoms with Gasteiger partial charge in [-0.2, -0.15) is 0 Å². The second-order valence-corrected chi connectivity index (χ2v) is 12.3. The van der Waals surface area contributed by atoms with Gasteiger partial charge < -0.3 is 10.3 Å². The zero-order valence-corrected chi connectivity index (χ0v) is 23.0. The highest BCUT2D eigenvalue weighted by atomic mass is 32.2. The summed E-state index contributed by atoms with van der Waals surface area (Å²) in [6.07, 6.45) is 8.10. The first-order chi connectivity index (χ1) is 19.6. The standard InChI is InChI=1S/C30H30F2N6O2S/c31-25-9-5-4-8-22(25)23-16-30(32,13-10-26(23)41(34,39)40)24-18-38(29-27(24)28(33)35-19-36-29)21-11-14-37(15-12-21)17-20-6-2-1-3-7-20/h1-10,13,16,18-19,21,26H,11-12,14-15,17H2,(H2,33,35,36)(H2,34,39,40). The fourth-order valence-electron chi connectivity index (χ4n) is 5.94. The number of likely N-dealkylation sites (tertiary alicyclic amines) is 1. The Labute approximate surface area is 237 Å². The van der Waals surface area contributed by atoms with Crippen molar-refractivity contribution in [2.45, 2.75) is 36.3 Å². The molecular formula is C30H30F2N6O2S. The van der Waals surface area contributed by atoms with Crippen LogP contribution in [-0.2, 0) is 22.2 Å². The summed E-state index contributed by atoms with van der Waals surface area (Å²) in [6, 6.07) is 15.9. The number of primary sulfonamides is 1. The van der Waals surface area contributed by atoms with Crippen molar-refractivity contribution in [2.75, 3.05) is 18.8 Å². The van der Waals surface area contributed by atoms with Crippen molar-refractivity contribution in [3.63, 3.8) is 0 Å². The minimum atomic E-state index is -4.21. The van der Waals surface area contributed by atoms with Crippen LogP contribution in [0.4, 0.5) is 14.6 Å². The Hall–Kier alpha value is -3.93. The van der Waals surface area contributed by atoms with Crippen LogP contribution in [0, 0.1) is 5.82 Å². The van der Waals surface area contributed by atoms with E-state index in [0.717, 1.165) is 44.6 Å². The van der Waals surface area contributed by atoms with Gasteiger partial charge in [0.1, 0.15) is 28.9 Å². The van der Waals surface area contributed by atoms with Gasteiger partial charge in [-0.05, 0) is 42.2 Å². The molecule has 2 unspecified atom stereocenters. The van der Waals surface area contributed by atoms with Gasteiger partial charge in [0.15, 0.2) is 5.67 Å². The quantitative estimate of drug-likeness (QED) is 0.327. The lowest BCUT2D eigenvalue weighted by atomic mass is 9.85. The van der Waals surface area contributed by atoms with Gasteiger partial charge in [-0.15, -0.1) is 0 Å². The molecule has 2 aromatic heterocycles. The maximum atomic E-state index is 17.1. The molecule has 212 valence electrons. The van der Waals surface area contributed by atoms with Gasteiger partial charge in [0.25, 0.3) is 0 Å². The number of hydrogen-bond donors (Lipinski definition) is 2. The molecule has 8 nitrogen and oxygen atoms in total. The number of aromatic nitrogens is 3. The van der Waals surface area contributed by atoms with Crippen LogP contribution in [0.1, 0.15) is 35.6 Å². The van der Waals surface area contributed by atoms with Gasteiger partial charge in [0.2, 0.25) is 10.0 Å². The molecule has 1 saturated heterocycles. The second kappa shape index (κ2) is 10.5. The lowest BCUT2D eigenvalue weighted by Crippen LogP contribution is -2.34. The highest BCUT2D eigenvalue weighted by Gasteiger charge is 2.40. The van der Waals surface area contributed by atoms with Gasteiger partial charge in [0, 0.05) is 43.0 Å². The zero-order valence-electron chi connectivity index (χ0n) is 22.2. The van der Waals surface area contributed by atoms with Gasteiger partial charge >= 0.3 is 0 Å². The van der Waals surface area contributed by atoms with Crippen molar-refractivity contribution in [3.8, 4) is 0 Å². The maximum Gasteiger partial charge on any atom is 0.219 e. The predicted molar refractivity (Wildman–Crippen MR) is 155 cm³/mol. The molecule has 4 N–H and O–H groups in total. The lowest BCUT2D eigenvalue weighted by molar-refractivity contribution is 0.181. The molecule has 2 aliphatic rings. The average Bonchev–Trinajstić information content (AvgIpc) is 3.36. The molecule has 0 spiro atoms.